The molecule has 7 nitrogen and oxygen atoms in total. The van der Waals surface area contributed by atoms with Crippen LogP contribution in [0.2, 0.25) is 0 Å². The van der Waals surface area contributed by atoms with E-state index < -0.39 is 5.91 Å². The average molecular weight is 313 g/mol. The number of nitrogens with one attached hydrogen (secondary N) is 1. The summed E-state index contributed by atoms with van der Waals surface area (Å²) in [5, 5.41) is 3.53. The first-order chi connectivity index (χ1) is 10.6. The van der Waals surface area contributed by atoms with E-state index in [2.05, 4.69) is 20.3 Å². The van der Waals surface area contributed by atoms with Gasteiger partial charge in [0.05, 0.1) is 6.54 Å². The number of amides is 2. The standard InChI is InChI=1S/C14H11N5O2S/c15-11(20)10-14(19-12(21)9-2-1-5-17-9)22-13(18-10)8-3-6-16-7-4-8/h1-4,6-7H,5H2,(H2,15,20)(H,19,21). The average Bonchev–Trinajstić information content (AvgIpc) is 3.17. The van der Waals surface area contributed by atoms with Crippen LogP contribution in [-0.4, -0.2) is 34.0 Å². The van der Waals surface area contributed by atoms with E-state index >= 15 is 0 Å². The van der Waals surface area contributed by atoms with E-state index in [1.807, 2.05) is 0 Å². The second-order valence-corrected chi connectivity index (χ2v) is 5.38. The van der Waals surface area contributed by atoms with Crippen LogP contribution >= 0.6 is 11.3 Å². The summed E-state index contributed by atoms with van der Waals surface area (Å²) in [5.74, 6) is -1.09. The van der Waals surface area contributed by atoms with Crippen LogP contribution in [0, 0.1) is 0 Å². The number of aliphatic imine (C=N–C) groups is 1. The van der Waals surface area contributed by atoms with Gasteiger partial charge >= 0.3 is 0 Å². The van der Waals surface area contributed by atoms with Crippen LogP contribution in [0.5, 0.6) is 0 Å². The van der Waals surface area contributed by atoms with E-state index in [1.165, 1.54) is 11.3 Å². The van der Waals surface area contributed by atoms with Crippen LogP contribution in [0.25, 0.3) is 10.6 Å². The highest BCUT2D eigenvalue weighted by molar-refractivity contribution is 7.19. The lowest BCUT2D eigenvalue weighted by atomic mass is 10.3. The number of carbonyl (C=O) groups excluding carboxylic acids is 2. The van der Waals surface area contributed by atoms with Gasteiger partial charge in [-0.2, -0.15) is 0 Å². The number of carbonyl (C=O) groups is 2. The largest absolute Gasteiger partial charge is 0.364 e. The number of rotatable bonds is 4. The molecule has 0 aliphatic carbocycles. The predicted octanol–water partition coefficient (Wildman–Crippen LogP) is 1.25. The normalized spacial score (nSPS) is 13.0. The Balaban J connectivity index is 1.93. The lowest BCUT2D eigenvalue weighted by molar-refractivity contribution is -0.110. The van der Waals surface area contributed by atoms with Gasteiger partial charge in [0.2, 0.25) is 0 Å². The molecule has 0 radical (unpaired) electrons. The number of hydrogen-bond donors (Lipinski definition) is 2. The SMILES string of the molecule is NC(=O)c1nc(-c2ccncc2)sc1NC(=O)C1=NCC=C1. The number of pyridine rings is 1. The Bertz CT molecular complexity index is 795. The highest BCUT2D eigenvalue weighted by Gasteiger charge is 2.20. The number of hydrogen-bond acceptors (Lipinski definition) is 6. The number of anilines is 1. The highest BCUT2D eigenvalue weighted by Crippen LogP contribution is 2.31. The zero-order valence-corrected chi connectivity index (χ0v) is 12.1. The molecule has 1 aliphatic heterocycles. The molecule has 0 saturated carbocycles. The van der Waals surface area contributed by atoms with Crippen molar-refractivity contribution >= 4 is 33.9 Å². The zero-order chi connectivity index (χ0) is 15.5. The topological polar surface area (TPSA) is 110 Å². The van der Waals surface area contributed by atoms with Crippen molar-refractivity contribution in [2.45, 2.75) is 0 Å². The fourth-order valence-electron chi connectivity index (χ4n) is 1.87. The van der Waals surface area contributed by atoms with Gasteiger partial charge in [0.1, 0.15) is 15.7 Å². The Labute approximate surface area is 129 Å². The Kier molecular flexibility index (Phi) is 3.75. The van der Waals surface area contributed by atoms with Crippen molar-refractivity contribution < 1.29 is 9.59 Å². The summed E-state index contributed by atoms with van der Waals surface area (Å²) in [4.78, 5) is 35.7. The molecule has 3 N–H and O–H groups in total. The minimum atomic E-state index is -0.698. The lowest BCUT2D eigenvalue weighted by Gasteiger charge is -2.01. The van der Waals surface area contributed by atoms with Gasteiger partial charge in [-0.3, -0.25) is 19.6 Å². The molecule has 0 spiro atoms. The van der Waals surface area contributed by atoms with Crippen molar-refractivity contribution in [3.63, 3.8) is 0 Å². The fourth-order valence-corrected chi connectivity index (χ4v) is 2.84. The molecular formula is C14H11N5O2S. The molecule has 110 valence electrons. The van der Waals surface area contributed by atoms with E-state index in [0.717, 1.165) is 5.56 Å². The van der Waals surface area contributed by atoms with E-state index in [9.17, 15) is 9.59 Å². The summed E-state index contributed by atoms with van der Waals surface area (Å²) >= 11 is 1.18. The maximum Gasteiger partial charge on any atom is 0.274 e. The third-order valence-corrected chi connectivity index (χ3v) is 3.91. The third-order valence-electron chi connectivity index (χ3n) is 2.89. The second-order valence-electron chi connectivity index (χ2n) is 4.38. The van der Waals surface area contributed by atoms with Gasteiger partial charge in [0.25, 0.3) is 11.8 Å². The smallest absolute Gasteiger partial charge is 0.274 e. The predicted molar refractivity (Wildman–Crippen MR) is 83.9 cm³/mol. The molecule has 0 bridgehead atoms. The van der Waals surface area contributed by atoms with Gasteiger partial charge in [-0.05, 0) is 18.2 Å². The Morgan fingerprint density at radius 2 is 2.05 bits per heavy atom. The number of thiazole rings is 1. The van der Waals surface area contributed by atoms with Crippen LogP contribution in [0.4, 0.5) is 5.00 Å². The van der Waals surface area contributed by atoms with Crippen LogP contribution in [0.3, 0.4) is 0 Å². The molecular weight excluding hydrogens is 302 g/mol. The minimum Gasteiger partial charge on any atom is -0.364 e. The van der Waals surface area contributed by atoms with Crippen molar-refractivity contribution in [3.8, 4) is 10.6 Å². The monoisotopic (exact) mass is 313 g/mol. The van der Waals surface area contributed by atoms with Crippen molar-refractivity contribution in [1.29, 1.82) is 0 Å². The van der Waals surface area contributed by atoms with Gasteiger partial charge in [-0.25, -0.2) is 4.98 Å². The number of nitrogens with zero attached hydrogens (tertiary/aromatic N) is 3. The van der Waals surface area contributed by atoms with E-state index in [0.29, 0.717) is 22.3 Å². The van der Waals surface area contributed by atoms with Crippen LogP contribution in [-0.2, 0) is 4.79 Å². The van der Waals surface area contributed by atoms with E-state index in [4.69, 9.17) is 5.73 Å². The molecule has 3 rings (SSSR count). The quantitative estimate of drug-likeness (QED) is 0.885. The zero-order valence-electron chi connectivity index (χ0n) is 11.3. The Morgan fingerprint density at radius 3 is 2.68 bits per heavy atom. The maximum atomic E-state index is 12.1. The molecule has 0 saturated heterocycles. The molecule has 2 aromatic rings. The number of primary amides is 1. The molecule has 1 aliphatic rings. The number of aromatic nitrogens is 2. The van der Waals surface area contributed by atoms with E-state index in [-0.39, 0.29) is 11.6 Å². The molecule has 0 unspecified atom stereocenters. The number of nitrogens with two attached hydrogens (primary N) is 1. The molecule has 0 aromatic carbocycles. The molecule has 2 amide bonds. The van der Waals surface area contributed by atoms with Gasteiger partial charge in [0.15, 0.2) is 5.69 Å². The van der Waals surface area contributed by atoms with Gasteiger partial charge in [-0.15, -0.1) is 0 Å². The first-order valence-corrected chi connectivity index (χ1v) is 7.20. The molecule has 3 heterocycles. The van der Waals surface area contributed by atoms with Crippen LogP contribution < -0.4 is 11.1 Å². The van der Waals surface area contributed by atoms with Crippen LogP contribution in [0.15, 0.2) is 41.7 Å². The van der Waals surface area contributed by atoms with Crippen molar-refractivity contribution in [2.75, 3.05) is 11.9 Å². The Hall–Kier alpha value is -2.87. The summed E-state index contributed by atoms with van der Waals surface area (Å²) in [6.07, 6.45) is 6.65. The highest BCUT2D eigenvalue weighted by atomic mass is 32.1. The molecule has 8 heteroatoms. The van der Waals surface area contributed by atoms with Gasteiger partial charge in [-0.1, -0.05) is 17.4 Å². The first-order valence-electron chi connectivity index (χ1n) is 6.38. The Morgan fingerprint density at radius 1 is 1.27 bits per heavy atom. The maximum absolute atomic E-state index is 12.1. The summed E-state index contributed by atoms with van der Waals surface area (Å²) in [6, 6.07) is 3.53. The van der Waals surface area contributed by atoms with Crippen molar-refractivity contribution in [1.82, 2.24) is 9.97 Å². The van der Waals surface area contributed by atoms with Crippen LogP contribution in [0.1, 0.15) is 10.5 Å². The molecule has 0 fully saturated rings. The summed E-state index contributed by atoms with van der Waals surface area (Å²) in [5.41, 5.74) is 6.47. The van der Waals surface area contributed by atoms with Crippen molar-refractivity contribution in [3.05, 3.63) is 42.4 Å². The summed E-state index contributed by atoms with van der Waals surface area (Å²) < 4.78 is 0. The summed E-state index contributed by atoms with van der Waals surface area (Å²) in [7, 11) is 0. The fraction of sp³-hybridized carbons (Fsp3) is 0.0714. The van der Waals surface area contributed by atoms with Gasteiger partial charge in [0, 0.05) is 18.0 Å². The van der Waals surface area contributed by atoms with Crippen molar-refractivity contribution in [2.24, 2.45) is 10.7 Å². The third kappa shape index (κ3) is 2.77. The molecule has 0 atom stereocenters. The molecule has 2 aromatic heterocycles. The van der Waals surface area contributed by atoms with E-state index in [1.54, 1.807) is 36.7 Å². The summed E-state index contributed by atoms with van der Waals surface area (Å²) in [6.45, 7) is 0.483. The molecule has 22 heavy (non-hydrogen) atoms. The minimum absolute atomic E-state index is 0.0349. The van der Waals surface area contributed by atoms with Gasteiger partial charge < -0.3 is 11.1 Å². The lowest BCUT2D eigenvalue weighted by Crippen LogP contribution is -2.22. The first kappa shape index (κ1) is 14.1. The second kappa shape index (κ2) is 5.86.